The summed E-state index contributed by atoms with van der Waals surface area (Å²) in [5.74, 6) is 2.96. The van der Waals surface area contributed by atoms with Gasteiger partial charge in [0.15, 0.2) is 12.6 Å². The molecule has 0 aromatic heterocycles. The van der Waals surface area contributed by atoms with Gasteiger partial charge in [-0.3, -0.25) is 0 Å². The van der Waals surface area contributed by atoms with Crippen LogP contribution in [0.15, 0.2) is 0 Å². The summed E-state index contributed by atoms with van der Waals surface area (Å²) in [7, 11) is 3.50. The summed E-state index contributed by atoms with van der Waals surface area (Å²) in [4.78, 5) is 0. The molecule has 4 unspecified atom stereocenters. The number of ether oxygens (including phenoxy) is 3. The van der Waals surface area contributed by atoms with Crippen molar-refractivity contribution in [3.8, 4) is 0 Å². The van der Waals surface area contributed by atoms with Gasteiger partial charge in [-0.25, -0.2) is 0 Å². The zero-order chi connectivity index (χ0) is 10.4. The molecule has 6 atom stereocenters. The van der Waals surface area contributed by atoms with Gasteiger partial charge >= 0.3 is 0 Å². The molecule has 2 aliphatic carbocycles. The number of hydrogen-bond donors (Lipinski definition) is 0. The zero-order valence-corrected chi connectivity index (χ0v) is 9.52. The summed E-state index contributed by atoms with van der Waals surface area (Å²) < 4.78 is 16.8. The van der Waals surface area contributed by atoms with Gasteiger partial charge in [0.05, 0.1) is 0 Å². The highest BCUT2D eigenvalue weighted by atomic mass is 16.8. The van der Waals surface area contributed by atoms with Gasteiger partial charge in [-0.2, -0.15) is 0 Å². The van der Waals surface area contributed by atoms with Crippen molar-refractivity contribution in [2.75, 3.05) is 14.2 Å². The fourth-order valence-corrected chi connectivity index (χ4v) is 4.17. The van der Waals surface area contributed by atoms with E-state index in [2.05, 4.69) is 0 Å². The molecule has 0 amide bonds. The summed E-state index contributed by atoms with van der Waals surface area (Å²) in [6, 6.07) is 0. The Morgan fingerprint density at radius 2 is 1.40 bits per heavy atom. The van der Waals surface area contributed by atoms with Crippen molar-refractivity contribution in [2.24, 2.45) is 23.7 Å². The summed E-state index contributed by atoms with van der Waals surface area (Å²) in [5.41, 5.74) is 0. The van der Waals surface area contributed by atoms with Crippen LogP contribution in [0.4, 0.5) is 0 Å². The van der Waals surface area contributed by atoms with Crippen LogP contribution < -0.4 is 0 Å². The third-order valence-electron chi connectivity index (χ3n) is 4.71. The molecule has 3 aliphatic rings. The molecule has 1 saturated heterocycles. The Morgan fingerprint density at radius 3 is 1.87 bits per heavy atom. The van der Waals surface area contributed by atoms with E-state index in [4.69, 9.17) is 14.2 Å². The summed E-state index contributed by atoms with van der Waals surface area (Å²) in [5, 5.41) is 0. The lowest BCUT2D eigenvalue weighted by atomic mass is 9.81. The highest BCUT2D eigenvalue weighted by Gasteiger charge is 2.55. The monoisotopic (exact) mass is 212 g/mol. The normalized spacial score (nSPS) is 53.2. The molecule has 0 radical (unpaired) electrons. The number of hydrogen-bond acceptors (Lipinski definition) is 3. The molecule has 86 valence electrons. The van der Waals surface area contributed by atoms with E-state index in [1.165, 1.54) is 25.7 Å². The van der Waals surface area contributed by atoms with E-state index in [9.17, 15) is 0 Å². The van der Waals surface area contributed by atoms with Gasteiger partial charge in [-0.15, -0.1) is 0 Å². The zero-order valence-electron chi connectivity index (χ0n) is 9.52. The Labute approximate surface area is 91.1 Å². The van der Waals surface area contributed by atoms with Gasteiger partial charge in [-0.1, -0.05) is 0 Å². The first kappa shape index (κ1) is 10.1. The number of methoxy groups -OCH3 is 2. The van der Waals surface area contributed by atoms with Crippen molar-refractivity contribution >= 4 is 0 Å². The molecule has 0 spiro atoms. The Balaban J connectivity index is 1.85. The molecule has 1 aliphatic heterocycles. The molecule has 3 nitrogen and oxygen atoms in total. The van der Waals surface area contributed by atoms with E-state index in [-0.39, 0.29) is 12.6 Å². The van der Waals surface area contributed by atoms with Crippen LogP contribution in [0, 0.1) is 23.7 Å². The average Bonchev–Trinajstić information content (AvgIpc) is 2.86. The minimum Gasteiger partial charge on any atom is -0.355 e. The SMILES string of the molecule is COC1OC(OC)[C@@H]2CCC3CC[C@H]1C32. The molecule has 0 N–H and O–H groups in total. The molecule has 0 aromatic carbocycles. The van der Waals surface area contributed by atoms with Gasteiger partial charge < -0.3 is 14.2 Å². The van der Waals surface area contributed by atoms with E-state index >= 15 is 0 Å². The highest BCUT2D eigenvalue weighted by molar-refractivity contribution is 4.99. The molecular weight excluding hydrogens is 192 g/mol. The van der Waals surface area contributed by atoms with E-state index in [0.29, 0.717) is 11.8 Å². The number of rotatable bonds is 2. The molecule has 3 fully saturated rings. The van der Waals surface area contributed by atoms with Crippen LogP contribution in [-0.2, 0) is 14.2 Å². The topological polar surface area (TPSA) is 27.7 Å². The lowest BCUT2D eigenvalue weighted by Crippen LogP contribution is -2.46. The molecule has 3 heteroatoms. The summed E-state index contributed by atoms with van der Waals surface area (Å²) >= 11 is 0. The predicted octanol–water partition coefficient (Wildman–Crippen LogP) is 2.01. The van der Waals surface area contributed by atoms with Gasteiger partial charge in [0.1, 0.15) is 0 Å². The van der Waals surface area contributed by atoms with Crippen molar-refractivity contribution in [1.82, 2.24) is 0 Å². The van der Waals surface area contributed by atoms with Crippen LogP contribution in [-0.4, -0.2) is 26.8 Å². The van der Waals surface area contributed by atoms with Gasteiger partial charge in [0, 0.05) is 26.1 Å². The van der Waals surface area contributed by atoms with Crippen molar-refractivity contribution in [3.05, 3.63) is 0 Å². The van der Waals surface area contributed by atoms with Crippen LogP contribution in [0.2, 0.25) is 0 Å². The first-order valence-corrected chi connectivity index (χ1v) is 6.06. The Bertz CT molecular complexity index is 221. The van der Waals surface area contributed by atoms with Crippen molar-refractivity contribution in [1.29, 1.82) is 0 Å². The lowest BCUT2D eigenvalue weighted by Gasteiger charge is -2.41. The van der Waals surface area contributed by atoms with Gasteiger partial charge in [-0.05, 0) is 37.5 Å². The maximum absolute atomic E-state index is 5.88. The first-order chi connectivity index (χ1) is 7.35. The molecule has 3 rings (SSSR count). The third kappa shape index (κ3) is 1.37. The van der Waals surface area contributed by atoms with Gasteiger partial charge in [0.2, 0.25) is 0 Å². The quantitative estimate of drug-likeness (QED) is 0.701. The second kappa shape index (κ2) is 3.72. The second-order valence-electron chi connectivity index (χ2n) is 5.16. The molecule has 0 bridgehead atoms. The molecule has 1 heterocycles. The Kier molecular flexibility index (Phi) is 2.49. The average molecular weight is 212 g/mol. The first-order valence-electron chi connectivity index (χ1n) is 6.06. The van der Waals surface area contributed by atoms with Crippen LogP contribution in [0.25, 0.3) is 0 Å². The maximum Gasteiger partial charge on any atom is 0.163 e. The molecular formula is C12H20O3. The largest absolute Gasteiger partial charge is 0.355 e. The Hall–Kier alpha value is -0.120. The smallest absolute Gasteiger partial charge is 0.163 e. The second-order valence-corrected chi connectivity index (χ2v) is 5.16. The predicted molar refractivity (Wildman–Crippen MR) is 55.1 cm³/mol. The van der Waals surface area contributed by atoms with Crippen LogP contribution in [0.1, 0.15) is 25.7 Å². The highest BCUT2D eigenvalue weighted by Crippen LogP contribution is 2.56. The minimum absolute atomic E-state index is 0.0284. The van der Waals surface area contributed by atoms with Crippen LogP contribution in [0.5, 0.6) is 0 Å². The van der Waals surface area contributed by atoms with E-state index in [1.807, 2.05) is 0 Å². The van der Waals surface area contributed by atoms with E-state index in [1.54, 1.807) is 14.2 Å². The fraction of sp³-hybridized carbons (Fsp3) is 1.00. The van der Waals surface area contributed by atoms with E-state index in [0.717, 1.165) is 11.8 Å². The standard InChI is InChI=1S/C12H20O3/c1-13-11-8-5-3-7-4-6-9(10(7)8)12(14-2)15-11/h7-12H,3-6H2,1-2H3/t7?,8-,9+,10?,11?,12?. The molecule has 15 heavy (non-hydrogen) atoms. The minimum atomic E-state index is -0.0284. The maximum atomic E-state index is 5.88. The van der Waals surface area contributed by atoms with Crippen LogP contribution >= 0.6 is 0 Å². The van der Waals surface area contributed by atoms with Crippen molar-refractivity contribution in [2.45, 2.75) is 38.3 Å². The fourth-order valence-electron chi connectivity index (χ4n) is 4.17. The third-order valence-corrected chi connectivity index (χ3v) is 4.71. The van der Waals surface area contributed by atoms with Gasteiger partial charge in [0.25, 0.3) is 0 Å². The van der Waals surface area contributed by atoms with Crippen molar-refractivity contribution < 1.29 is 14.2 Å². The Morgan fingerprint density at radius 1 is 0.867 bits per heavy atom. The molecule has 0 aromatic rings. The molecule has 2 saturated carbocycles. The van der Waals surface area contributed by atoms with Crippen LogP contribution in [0.3, 0.4) is 0 Å². The van der Waals surface area contributed by atoms with Crippen molar-refractivity contribution in [3.63, 3.8) is 0 Å². The lowest BCUT2D eigenvalue weighted by molar-refractivity contribution is -0.302. The summed E-state index contributed by atoms with van der Waals surface area (Å²) in [6.45, 7) is 0. The van der Waals surface area contributed by atoms with E-state index < -0.39 is 0 Å². The summed E-state index contributed by atoms with van der Waals surface area (Å²) in [6.07, 6.45) is 5.23.